The SMILES string of the molecule is CCC(O)c1ccc(-c2ccc(C(=O)N3CC(N4CCCCC4)C3)cc2)cc1. The van der Waals surface area contributed by atoms with E-state index in [1.807, 2.05) is 60.4 Å². The van der Waals surface area contributed by atoms with Crippen LogP contribution >= 0.6 is 0 Å². The van der Waals surface area contributed by atoms with E-state index in [0.29, 0.717) is 12.5 Å². The van der Waals surface area contributed by atoms with Crippen molar-refractivity contribution in [3.8, 4) is 11.1 Å². The van der Waals surface area contributed by atoms with Gasteiger partial charge in [0.05, 0.1) is 6.10 Å². The molecule has 1 N–H and O–H groups in total. The Kier molecular flexibility index (Phi) is 5.79. The van der Waals surface area contributed by atoms with Crippen LogP contribution in [0, 0.1) is 0 Å². The van der Waals surface area contributed by atoms with Crippen LogP contribution in [0.5, 0.6) is 0 Å². The Morgan fingerprint density at radius 2 is 1.54 bits per heavy atom. The van der Waals surface area contributed by atoms with Crippen LogP contribution in [0.25, 0.3) is 11.1 Å². The first-order valence-corrected chi connectivity index (χ1v) is 10.6. The lowest BCUT2D eigenvalue weighted by Gasteiger charge is -2.46. The average Bonchev–Trinajstić information content (AvgIpc) is 2.73. The van der Waals surface area contributed by atoms with Crippen molar-refractivity contribution in [1.29, 1.82) is 0 Å². The van der Waals surface area contributed by atoms with Gasteiger partial charge in [-0.1, -0.05) is 49.7 Å². The summed E-state index contributed by atoms with van der Waals surface area (Å²) in [6, 6.07) is 16.5. The van der Waals surface area contributed by atoms with Gasteiger partial charge in [-0.05, 0) is 61.2 Å². The van der Waals surface area contributed by atoms with E-state index in [1.165, 1.54) is 32.4 Å². The second kappa shape index (κ2) is 8.46. The highest BCUT2D eigenvalue weighted by Gasteiger charge is 2.35. The number of aliphatic hydroxyl groups is 1. The smallest absolute Gasteiger partial charge is 0.253 e. The fraction of sp³-hybridized carbons (Fsp3) is 0.458. The number of carbonyl (C=O) groups excluding carboxylic acids is 1. The third kappa shape index (κ3) is 3.98. The van der Waals surface area contributed by atoms with Gasteiger partial charge in [0.25, 0.3) is 5.91 Å². The molecule has 0 bridgehead atoms. The summed E-state index contributed by atoms with van der Waals surface area (Å²) in [5, 5.41) is 9.93. The molecule has 2 fully saturated rings. The number of piperidine rings is 1. The normalized spacial score (nSPS) is 19.3. The first kappa shape index (κ1) is 19.2. The number of hydrogen-bond acceptors (Lipinski definition) is 3. The predicted octanol–water partition coefficient (Wildman–Crippen LogP) is 4.11. The van der Waals surface area contributed by atoms with E-state index in [4.69, 9.17) is 0 Å². The third-order valence-electron chi connectivity index (χ3n) is 6.20. The minimum Gasteiger partial charge on any atom is -0.388 e. The van der Waals surface area contributed by atoms with E-state index in [1.54, 1.807) is 0 Å². The molecular formula is C24H30N2O2. The Balaban J connectivity index is 1.36. The van der Waals surface area contributed by atoms with Crippen LogP contribution in [-0.4, -0.2) is 53.0 Å². The van der Waals surface area contributed by atoms with Gasteiger partial charge in [-0.15, -0.1) is 0 Å². The van der Waals surface area contributed by atoms with Gasteiger partial charge in [0.15, 0.2) is 0 Å². The molecule has 4 heteroatoms. The summed E-state index contributed by atoms with van der Waals surface area (Å²) in [6.45, 7) is 6.08. The summed E-state index contributed by atoms with van der Waals surface area (Å²) < 4.78 is 0. The molecule has 0 aliphatic carbocycles. The Morgan fingerprint density at radius 1 is 0.964 bits per heavy atom. The minimum absolute atomic E-state index is 0.140. The number of likely N-dealkylation sites (tertiary alicyclic amines) is 2. The van der Waals surface area contributed by atoms with Gasteiger partial charge in [0.2, 0.25) is 0 Å². The van der Waals surface area contributed by atoms with Crippen LogP contribution in [0.4, 0.5) is 0 Å². The molecule has 1 atom stereocenters. The number of benzene rings is 2. The largest absolute Gasteiger partial charge is 0.388 e. The van der Waals surface area contributed by atoms with Crippen LogP contribution in [0.1, 0.15) is 54.6 Å². The summed E-state index contributed by atoms with van der Waals surface area (Å²) in [6.07, 6.45) is 4.25. The van der Waals surface area contributed by atoms with Crippen LogP contribution in [0.15, 0.2) is 48.5 Å². The van der Waals surface area contributed by atoms with Crippen molar-refractivity contribution in [3.05, 3.63) is 59.7 Å². The number of carbonyl (C=O) groups is 1. The molecule has 2 aromatic rings. The van der Waals surface area contributed by atoms with Crippen LogP contribution in [-0.2, 0) is 0 Å². The second-order valence-electron chi connectivity index (χ2n) is 8.08. The van der Waals surface area contributed by atoms with Crippen LogP contribution < -0.4 is 0 Å². The van der Waals surface area contributed by atoms with Gasteiger partial charge in [0, 0.05) is 24.7 Å². The highest BCUT2D eigenvalue weighted by Crippen LogP contribution is 2.25. The van der Waals surface area contributed by atoms with Crippen molar-refractivity contribution in [2.45, 2.75) is 44.8 Å². The van der Waals surface area contributed by atoms with Crippen molar-refractivity contribution in [1.82, 2.24) is 9.80 Å². The van der Waals surface area contributed by atoms with Gasteiger partial charge in [-0.3, -0.25) is 9.69 Å². The van der Waals surface area contributed by atoms with Crippen LogP contribution in [0.3, 0.4) is 0 Å². The molecule has 148 valence electrons. The topological polar surface area (TPSA) is 43.8 Å². The van der Waals surface area contributed by atoms with E-state index in [2.05, 4.69) is 4.90 Å². The fourth-order valence-electron chi connectivity index (χ4n) is 4.26. The quantitative estimate of drug-likeness (QED) is 0.852. The molecule has 4 rings (SSSR count). The molecule has 0 aromatic heterocycles. The first-order chi connectivity index (χ1) is 13.7. The Bertz CT molecular complexity index is 788. The number of nitrogens with zero attached hydrogens (tertiary/aromatic N) is 2. The van der Waals surface area contributed by atoms with Crippen molar-refractivity contribution >= 4 is 5.91 Å². The van der Waals surface area contributed by atoms with E-state index in [0.717, 1.165) is 35.3 Å². The monoisotopic (exact) mass is 378 g/mol. The van der Waals surface area contributed by atoms with E-state index in [-0.39, 0.29) is 5.91 Å². The predicted molar refractivity (Wildman–Crippen MR) is 112 cm³/mol. The van der Waals surface area contributed by atoms with Gasteiger partial charge >= 0.3 is 0 Å². The van der Waals surface area contributed by atoms with Gasteiger partial charge in [0.1, 0.15) is 0 Å². The minimum atomic E-state index is -0.403. The maximum Gasteiger partial charge on any atom is 0.253 e. The molecule has 2 aliphatic heterocycles. The summed E-state index contributed by atoms with van der Waals surface area (Å²) in [4.78, 5) is 17.3. The molecule has 0 radical (unpaired) electrons. The lowest BCUT2D eigenvalue weighted by molar-refractivity contribution is 0.0203. The Morgan fingerprint density at radius 3 is 2.11 bits per heavy atom. The summed E-state index contributed by atoms with van der Waals surface area (Å²) >= 11 is 0. The lowest BCUT2D eigenvalue weighted by Crippen LogP contribution is -2.61. The molecule has 0 spiro atoms. The van der Waals surface area contributed by atoms with Crippen molar-refractivity contribution in [3.63, 3.8) is 0 Å². The molecule has 1 unspecified atom stereocenters. The summed E-state index contributed by atoms with van der Waals surface area (Å²) in [7, 11) is 0. The number of rotatable bonds is 5. The zero-order valence-electron chi connectivity index (χ0n) is 16.7. The molecule has 4 nitrogen and oxygen atoms in total. The highest BCUT2D eigenvalue weighted by molar-refractivity contribution is 5.95. The summed E-state index contributed by atoms with van der Waals surface area (Å²) in [5.41, 5.74) is 3.89. The van der Waals surface area contributed by atoms with Gasteiger partial charge < -0.3 is 10.0 Å². The molecule has 2 heterocycles. The van der Waals surface area contributed by atoms with Crippen LogP contribution in [0.2, 0.25) is 0 Å². The molecule has 2 saturated heterocycles. The second-order valence-corrected chi connectivity index (χ2v) is 8.08. The Hall–Kier alpha value is -2.17. The molecule has 2 aromatic carbocycles. The zero-order valence-corrected chi connectivity index (χ0v) is 16.7. The zero-order chi connectivity index (χ0) is 19.5. The molecular weight excluding hydrogens is 348 g/mol. The first-order valence-electron chi connectivity index (χ1n) is 10.6. The highest BCUT2D eigenvalue weighted by atomic mass is 16.3. The van der Waals surface area contributed by atoms with E-state index < -0.39 is 6.10 Å². The number of aliphatic hydroxyl groups excluding tert-OH is 1. The van der Waals surface area contributed by atoms with Gasteiger partial charge in [-0.25, -0.2) is 0 Å². The number of amides is 1. The van der Waals surface area contributed by atoms with E-state index >= 15 is 0 Å². The average molecular weight is 379 g/mol. The summed E-state index contributed by atoms with van der Waals surface area (Å²) in [5.74, 6) is 0.140. The standard InChI is InChI=1S/C24H30N2O2/c1-2-23(27)20-10-6-18(7-11-20)19-8-12-21(13-9-19)24(28)26-16-22(17-26)25-14-4-3-5-15-25/h6-13,22-23,27H,2-5,14-17H2,1H3. The van der Waals surface area contributed by atoms with Crippen molar-refractivity contribution in [2.24, 2.45) is 0 Å². The Labute approximate surface area is 167 Å². The molecule has 2 aliphatic rings. The van der Waals surface area contributed by atoms with Crippen molar-refractivity contribution in [2.75, 3.05) is 26.2 Å². The molecule has 1 amide bonds. The third-order valence-corrected chi connectivity index (χ3v) is 6.20. The molecule has 0 saturated carbocycles. The molecule has 28 heavy (non-hydrogen) atoms. The van der Waals surface area contributed by atoms with Gasteiger partial charge in [-0.2, -0.15) is 0 Å². The van der Waals surface area contributed by atoms with Crippen molar-refractivity contribution < 1.29 is 9.90 Å². The fourth-order valence-corrected chi connectivity index (χ4v) is 4.26. The van der Waals surface area contributed by atoms with E-state index in [9.17, 15) is 9.90 Å². The maximum atomic E-state index is 12.7. The maximum absolute atomic E-state index is 12.7. The lowest BCUT2D eigenvalue weighted by atomic mass is 9.98. The number of hydrogen-bond donors (Lipinski definition) is 1.